The van der Waals surface area contributed by atoms with Crippen LogP contribution in [0, 0.1) is 11.3 Å². The highest BCUT2D eigenvalue weighted by molar-refractivity contribution is 5.37. The molecule has 0 unspecified atom stereocenters. The van der Waals surface area contributed by atoms with Gasteiger partial charge < -0.3 is 4.57 Å². The minimum Gasteiger partial charge on any atom is -0.350 e. The predicted molar refractivity (Wildman–Crippen MR) is 54.7 cm³/mol. The van der Waals surface area contributed by atoms with Crippen molar-refractivity contribution in [1.29, 1.82) is 5.26 Å². The SMILES string of the molecule is N#Cc1ccccc1Cn1cccc1. The molecule has 14 heavy (non-hydrogen) atoms. The topological polar surface area (TPSA) is 28.7 Å². The van der Waals surface area contributed by atoms with E-state index in [0.717, 1.165) is 17.7 Å². The van der Waals surface area contributed by atoms with Crippen LogP contribution in [0.3, 0.4) is 0 Å². The van der Waals surface area contributed by atoms with E-state index in [0.29, 0.717) is 0 Å². The van der Waals surface area contributed by atoms with Gasteiger partial charge in [0.1, 0.15) is 0 Å². The third-order valence-corrected chi connectivity index (χ3v) is 2.16. The molecular formula is C12H10N2. The van der Waals surface area contributed by atoms with E-state index in [-0.39, 0.29) is 0 Å². The van der Waals surface area contributed by atoms with Gasteiger partial charge in [-0.1, -0.05) is 18.2 Å². The summed E-state index contributed by atoms with van der Waals surface area (Å²) < 4.78 is 2.05. The smallest absolute Gasteiger partial charge is 0.0995 e. The lowest BCUT2D eigenvalue weighted by Crippen LogP contribution is -1.98. The molecule has 2 aromatic rings. The zero-order chi connectivity index (χ0) is 9.80. The van der Waals surface area contributed by atoms with Crippen molar-refractivity contribution < 1.29 is 0 Å². The third kappa shape index (κ3) is 1.67. The highest BCUT2D eigenvalue weighted by atomic mass is 14.9. The molecule has 2 heteroatoms. The summed E-state index contributed by atoms with van der Waals surface area (Å²) >= 11 is 0. The molecule has 2 nitrogen and oxygen atoms in total. The second-order valence-electron chi connectivity index (χ2n) is 3.12. The van der Waals surface area contributed by atoms with E-state index in [1.54, 1.807) is 0 Å². The van der Waals surface area contributed by atoms with Gasteiger partial charge in [0.15, 0.2) is 0 Å². The lowest BCUT2D eigenvalue weighted by Gasteiger charge is -2.04. The van der Waals surface area contributed by atoms with E-state index < -0.39 is 0 Å². The van der Waals surface area contributed by atoms with Gasteiger partial charge in [0.25, 0.3) is 0 Å². The van der Waals surface area contributed by atoms with E-state index in [9.17, 15) is 0 Å². The molecule has 68 valence electrons. The molecule has 0 aliphatic carbocycles. The number of benzene rings is 1. The summed E-state index contributed by atoms with van der Waals surface area (Å²) in [5.74, 6) is 0. The van der Waals surface area contributed by atoms with Crippen molar-refractivity contribution in [2.45, 2.75) is 6.54 Å². The van der Waals surface area contributed by atoms with Crippen LogP contribution in [0.25, 0.3) is 0 Å². The fourth-order valence-corrected chi connectivity index (χ4v) is 1.44. The fourth-order valence-electron chi connectivity index (χ4n) is 1.44. The fraction of sp³-hybridized carbons (Fsp3) is 0.0833. The van der Waals surface area contributed by atoms with Crippen LogP contribution in [0.1, 0.15) is 11.1 Å². The molecule has 0 N–H and O–H groups in total. The number of nitriles is 1. The largest absolute Gasteiger partial charge is 0.350 e. The molecule has 0 aliphatic heterocycles. The maximum absolute atomic E-state index is 8.89. The molecule has 0 amide bonds. The van der Waals surface area contributed by atoms with E-state index >= 15 is 0 Å². The molecule has 0 bridgehead atoms. The van der Waals surface area contributed by atoms with Crippen molar-refractivity contribution >= 4 is 0 Å². The normalized spacial score (nSPS) is 9.64. The highest BCUT2D eigenvalue weighted by Crippen LogP contribution is 2.09. The van der Waals surface area contributed by atoms with Crippen LogP contribution in [0.5, 0.6) is 0 Å². The lowest BCUT2D eigenvalue weighted by atomic mass is 10.1. The van der Waals surface area contributed by atoms with E-state index in [4.69, 9.17) is 5.26 Å². The molecule has 0 atom stereocenters. The van der Waals surface area contributed by atoms with Crippen LogP contribution in [-0.4, -0.2) is 4.57 Å². The number of nitrogens with zero attached hydrogens (tertiary/aromatic N) is 2. The molecule has 0 aliphatic rings. The van der Waals surface area contributed by atoms with Crippen LogP contribution < -0.4 is 0 Å². The van der Waals surface area contributed by atoms with Crippen molar-refractivity contribution in [3.63, 3.8) is 0 Å². The molecule has 1 heterocycles. The summed E-state index contributed by atoms with van der Waals surface area (Å²) in [6.07, 6.45) is 3.99. The molecule has 1 aromatic heterocycles. The van der Waals surface area contributed by atoms with Crippen LogP contribution in [0.2, 0.25) is 0 Å². The zero-order valence-electron chi connectivity index (χ0n) is 7.72. The Morgan fingerprint density at radius 1 is 1.07 bits per heavy atom. The molecule has 0 saturated carbocycles. The van der Waals surface area contributed by atoms with Gasteiger partial charge in [0, 0.05) is 18.9 Å². The molecule has 0 saturated heterocycles. The van der Waals surface area contributed by atoms with Gasteiger partial charge in [-0.15, -0.1) is 0 Å². The summed E-state index contributed by atoms with van der Waals surface area (Å²) in [6.45, 7) is 0.761. The molecular weight excluding hydrogens is 172 g/mol. The van der Waals surface area contributed by atoms with Crippen molar-refractivity contribution in [3.8, 4) is 6.07 Å². The number of hydrogen-bond acceptors (Lipinski definition) is 1. The summed E-state index contributed by atoms with van der Waals surface area (Å²) in [6, 6.07) is 13.8. The van der Waals surface area contributed by atoms with Gasteiger partial charge in [0.2, 0.25) is 0 Å². The maximum Gasteiger partial charge on any atom is 0.0995 e. The van der Waals surface area contributed by atoms with Crippen LogP contribution in [-0.2, 0) is 6.54 Å². The summed E-state index contributed by atoms with van der Waals surface area (Å²) in [5, 5.41) is 8.89. The van der Waals surface area contributed by atoms with Crippen LogP contribution >= 0.6 is 0 Å². The highest BCUT2D eigenvalue weighted by Gasteiger charge is 1.99. The maximum atomic E-state index is 8.89. The van der Waals surface area contributed by atoms with Crippen molar-refractivity contribution in [2.75, 3.05) is 0 Å². The average molecular weight is 182 g/mol. The second kappa shape index (κ2) is 3.80. The number of hydrogen-bond donors (Lipinski definition) is 0. The average Bonchev–Trinajstić information content (AvgIpc) is 2.71. The van der Waals surface area contributed by atoms with E-state index in [1.807, 2.05) is 48.8 Å². The van der Waals surface area contributed by atoms with Crippen LogP contribution in [0.4, 0.5) is 0 Å². The van der Waals surface area contributed by atoms with Gasteiger partial charge in [-0.05, 0) is 23.8 Å². The minimum atomic E-state index is 0.751. The Balaban J connectivity index is 2.30. The van der Waals surface area contributed by atoms with E-state index in [2.05, 4.69) is 10.6 Å². The Kier molecular flexibility index (Phi) is 2.33. The molecule has 1 aromatic carbocycles. The van der Waals surface area contributed by atoms with Gasteiger partial charge in [0.05, 0.1) is 11.6 Å². The Morgan fingerprint density at radius 3 is 2.50 bits per heavy atom. The summed E-state index contributed by atoms with van der Waals surface area (Å²) in [7, 11) is 0. The predicted octanol–water partition coefficient (Wildman–Crippen LogP) is 2.41. The molecule has 2 rings (SSSR count). The minimum absolute atomic E-state index is 0.751. The molecule has 0 fully saturated rings. The zero-order valence-corrected chi connectivity index (χ0v) is 7.72. The first-order chi connectivity index (χ1) is 6.90. The summed E-state index contributed by atoms with van der Waals surface area (Å²) in [5.41, 5.74) is 1.81. The molecule has 0 radical (unpaired) electrons. The first-order valence-electron chi connectivity index (χ1n) is 4.49. The summed E-state index contributed by atoms with van der Waals surface area (Å²) in [4.78, 5) is 0. The number of rotatable bonds is 2. The Hall–Kier alpha value is -2.01. The third-order valence-electron chi connectivity index (χ3n) is 2.16. The van der Waals surface area contributed by atoms with Gasteiger partial charge in [-0.3, -0.25) is 0 Å². The number of aromatic nitrogens is 1. The first-order valence-corrected chi connectivity index (χ1v) is 4.49. The first kappa shape index (κ1) is 8.58. The Labute approximate surface area is 83.0 Å². The van der Waals surface area contributed by atoms with Crippen LogP contribution in [0.15, 0.2) is 48.8 Å². The second-order valence-corrected chi connectivity index (χ2v) is 3.12. The Morgan fingerprint density at radius 2 is 1.79 bits per heavy atom. The quantitative estimate of drug-likeness (QED) is 0.701. The van der Waals surface area contributed by atoms with Crippen molar-refractivity contribution in [1.82, 2.24) is 4.57 Å². The Bertz CT molecular complexity index is 449. The monoisotopic (exact) mass is 182 g/mol. The van der Waals surface area contributed by atoms with Gasteiger partial charge in [-0.25, -0.2) is 0 Å². The van der Waals surface area contributed by atoms with Crippen molar-refractivity contribution in [2.24, 2.45) is 0 Å². The lowest BCUT2D eigenvalue weighted by molar-refractivity contribution is 0.804. The van der Waals surface area contributed by atoms with E-state index in [1.165, 1.54) is 0 Å². The van der Waals surface area contributed by atoms with Crippen molar-refractivity contribution in [3.05, 3.63) is 59.9 Å². The molecule has 0 spiro atoms. The van der Waals surface area contributed by atoms with Gasteiger partial charge in [-0.2, -0.15) is 5.26 Å². The standard InChI is InChI=1S/C12H10N2/c13-9-11-5-1-2-6-12(11)10-14-7-3-4-8-14/h1-8H,10H2. The van der Waals surface area contributed by atoms with Gasteiger partial charge >= 0.3 is 0 Å².